The second-order valence-electron chi connectivity index (χ2n) is 2.81. The van der Waals surface area contributed by atoms with Crippen LogP contribution in [0.15, 0.2) is 17.0 Å². The Morgan fingerprint density at radius 2 is 2.13 bits per heavy atom. The van der Waals surface area contributed by atoms with Gasteiger partial charge in [-0.05, 0) is 0 Å². The molecule has 0 bridgehead atoms. The van der Waals surface area contributed by atoms with Crippen molar-refractivity contribution < 1.29 is 17.7 Å². The second-order valence-corrected chi connectivity index (χ2v) is 2.81. The van der Waals surface area contributed by atoms with E-state index in [-0.39, 0.29) is 11.5 Å². The molecule has 0 saturated heterocycles. The van der Waals surface area contributed by atoms with Gasteiger partial charge in [0.05, 0.1) is 5.56 Å². The van der Waals surface area contributed by atoms with Gasteiger partial charge in [-0.15, -0.1) is 0 Å². The van der Waals surface area contributed by atoms with Crippen LogP contribution in [0.2, 0.25) is 0 Å². The molecule has 5 nitrogen and oxygen atoms in total. The van der Waals surface area contributed by atoms with Crippen molar-refractivity contribution in [2.45, 2.75) is 6.18 Å². The second kappa shape index (κ2) is 3.07. The van der Waals surface area contributed by atoms with Gasteiger partial charge in [-0.1, -0.05) is 5.16 Å². The standard InChI is InChI=1S/C7H5F3N4O/c1-14-2-4(6-11-3-12-15-6)5(13-14)7(8,9)10/h2-3H,1H3. The third-order valence-electron chi connectivity index (χ3n) is 1.69. The number of halogens is 3. The first-order valence-corrected chi connectivity index (χ1v) is 3.86. The molecule has 80 valence electrons. The minimum Gasteiger partial charge on any atom is -0.334 e. The van der Waals surface area contributed by atoms with Crippen molar-refractivity contribution in [2.75, 3.05) is 0 Å². The first-order chi connectivity index (χ1) is 6.98. The summed E-state index contributed by atoms with van der Waals surface area (Å²) in [6.07, 6.45) is -2.33. The van der Waals surface area contributed by atoms with Gasteiger partial charge in [0.15, 0.2) is 12.0 Å². The maximum atomic E-state index is 12.5. The number of aryl methyl sites for hydroxylation is 1. The van der Waals surface area contributed by atoms with Crippen molar-refractivity contribution in [3.05, 3.63) is 18.2 Å². The molecule has 0 unspecified atom stereocenters. The molecule has 0 spiro atoms. The van der Waals surface area contributed by atoms with Crippen LogP contribution in [0.25, 0.3) is 11.5 Å². The Morgan fingerprint density at radius 1 is 1.40 bits per heavy atom. The van der Waals surface area contributed by atoms with Gasteiger partial charge in [-0.3, -0.25) is 4.68 Å². The summed E-state index contributed by atoms with van der Waals surface area (Å²) in [5.41, 5.74) is -1.25. The van der Waals surface area contributed by atoms with E-state index in [0.29, 0.717) is 0 Å². The van der Waals surface area contributed by atoms with Crippen molar-refractivity contribution >= 4 is 0 Å². The maximum absolute atomic E-state index is 12.5. The third-order valence-corrected chi connectivity index (χ3v) is 1.69. The lowest BCUT2D eigenvalue weighted by atomic mass is 10.2. The zero-order valence-electron chi connectivity index (χ0n) is 7.49. The Labute approximate surface area is 81.5 Å². The molecule has 2 rings (SSSR count). The third kappa shape index (κ3) is 1.69. The Balaban J connectivity index is 2.57. The van der Waals surface area contributed by atoms with Crippen LogP contribution in [-0.4, -0.2) is 19.9 Å². The zero-order chi connectivity index (χ0) is 11.1. The fourth-order valence-corrected chi connectivity index (χ4v) is 1.15. The Hall–Kier alpha value is -1.86. The van der Waals surface area contributed by atoms with E-state index < -0.39 is 11.9 Å². The summed E-state index contributed by atoms with van der Waals surface area (Å²) in [6, 6.07) is 0. The number of hydrogen-bond acceptors (Lipinski definition) is 4. The summed E-state index contributed by atoms with van der Waals surface area (Å²) >= 11 is 0. The number of rotatable bonds is 1. The van der Waals surface area contributed by atoms with E-state index in [2.05, 4.69) is 19.8 Å². The number of alkyl halides is 3. The molecule has 0 aliphatic heterocycles. The maximum Gasteiger partial charge on any atom is 0.435 e. The Morgan fingerprint density at radius 3 is 2.67 bits per heavy atom. The quantitative estimate of drug-likeness (QED) is 0.727. The molecule has 0 fully saturated rings. The molecule has 0 aliphatic rings. The van der Waals surface area contributed by atoms with Gasteiger partial charge >= 0.3 is 6.18 Å². The van der Waals surface area contributed by atoms with Gasteiger partial charge in [0.2, 0.25) is 0 Å². The van der Waals surface area contributed by atoms with Gasteiger partial charge in [0, 0.05) is 13.2 Å². The topological polar surface area (TPSA) is 56.7 Å². The molecular weight excluding hydrogens is 213 g/mol. The van der Waals surface area contributed by atoms with E-state index in [0.717, 1.165) is 11.0 Å². The molecule has 0 amide bonds. The van der Waals surface area contributed by atoms with Gasteiger partial charge in [-0.2, -0.15) is 23.3 Å². The smallest absolute Gasteiger partial charge is 0.334 e. The van der Waals surface area contributed by atoms with Crippen LogP contribution in [0.1, 0.15) is 5.69 Å². The number of aromatic nitrogens is 4. The zero-order valence-corrected chi connectivity index (χ0v) is 7.49. The molecule has 0 radical (unpaired) electrons. The summed E-state index contributed by atoms with van der Waals surface area (Å²) in [5.74, 6) is -0.199. The first-order valence-electron chi connectivity index (χ1n) is 3.86. The van der Waals surface area contributed by atoms with E-state index >= 15 is 0 Å². The van der Waals surface area contributed by atoms with Crippen LogP contribution in [0, 0.1) is 0 Å². The van der Waals surface area contributed by atoms with E-state index in [4.69, 9.17) is 0 Å². The molecule has 0 saturated carbocycles. The Kier molecular flexibility index (Phi) is 1.98. The van der Waals surface area contributed by atoms with E-state index in [9.17, 15) is 13.2 Å². The van der Waals surface area contributed by atoms with Crippen molar-refractivity contribution in [3.63, 3.8) is 0 Å². The van der Waals surface area contributed by atoms with Crippen LogP contribution in [0.3, 0.4) is 0 Å². The predicted octanol–water partition coefficient (Wildman–Crippen LogP) is 1.49. The minimum atomic E-state index is -4.54. The van der Waals surface area contributed by atoms with Crippen molar-refractivity contribution in [2.24, 2.45) is 7.05 Å². The number of hydrogen-bond donors (Lipinski definition) is 0. The highest BCUT2D eigenvalue weighted by molar-refractivity contribution is 5.55. The van der Waals surface area contributed by atoms with E-state index in [1.54, 1.807) is 0 Å². The molecule has 8 heteroatoms. The summed E-state index contributed by atoms with van der Waals surface area (Å²) in [6.45, 7) is 0. The summed E-state index contributed by atoms with van der Waals surface area (Å²) in [7, 11) is 1.38. The van der Waals surface area contributed by atoms with Crippen LogP contribution in [-0.2, 0) is 13.2 Å². The lowest BCUT2D eigenvalue weighted by Gasteiger charge is -2.02. The van der Waals surface area contributed by atoms with Crippen molar-refractivity contribution in [3.8, 4) is 11.5 Å². The molecule has 0 atom stereocenters. The van der Waals surface area contributed by atoms with E-state index in [1.807, 2.05) is 0 Å². The summed E-state index contributed by atoms with van der Waals surface area (Å²) in [4.78, 5) is 3.54. The van der Waals surface area contributed by atoms with Gasteiger partial charge in [-0.25, -0.2) is 0 Å². The van der Waals surface area contributed by atoms with E-state index in [1.165, 1.54) is 13.2 Å². The molecule has 2 aromatic rings. The Bertz CT molecular complexity index is 459. The monoisotopic (exact) mass is 218 g/mol. The molecule has 0 N–H and O–H groups in total. The molecular formula is C7H5F3N4O. The molecule has 2 heterocycles. The van der Waals surface area contributed by atoms with Crippen LogP contribution >= 0.6 is 0 Å². The van der Waals surface area contributed by atoms with Crippen molar-refractivity contribution in [1.29, 1.82) is 0 Å². The van der Waals surface area contributed by atoms with Crippen LogP contribution in [0.5, 0.6) is 0 Å². The van der Waals surface area contributed by atoms with Crippen LogP contribution in [0.4, 0.5) is 13.2 Å². The fraction of sp³-hybridized carbons (Fsp3) is 0.286. The van der Waals surface area contributed by atoms with Gasteiger partial charge < -0.3 is 4.52 Å². The molecule has 0 aliphatic carbocycles. The normalized spacial score (nSPS) is 12.0. The lowest BCUT2D eigenvalue weighted by molar-refractivity contribution is -0.141. The molecule has 2 aromatic heterocycles. The largest absolute Gasteiger partial charge is 0.435 e. The van der Waals surface area contributed by atoms with Gasteiger partial charge in [0.1, 0.15) is 0 Å². The highest BCUT2D eigenvalue weighted by atomic mass is 19.4. The first kappa shape index (κ1) is 9.69. The minimum absolute atomic E-state index is 0.199. The average Bonchev–Trinajstić information content (AvgIpc) is 2.68. The van der Waals surface area contributed by atoms with Crippen molar-refractivity contribution in [1.82, 2.24) is 19.9 Å². The average molecular weight is 218 g/mol. The lowest BCUT2D eigenvalue weighted by Crippen LogP contribution is -2.08. The summed E-state index contributed by atoms with van der Waals surface area (Å²) < 4.78 is 43.1. The highest BCUT2D eigenvalue weighted by Gasteiger charge is 2.38. The SMILES string of the molecule is Cn1cc(-c2ncno2)c(C(F)(F)F)n1. The van der Waals surface area contributed by atoms with Gasteiger partial charge in [0.25, 0.3) is 5.89 Å². The molecule has 0 aromatic carbocycles. The fourth-order valence-electron chi connectivity index (χ4n) is 1.15. The number of nitrogens with zero attached hydrogens (tertiary/aromatic N) is 4. The summed E-state index contributed by atoms with van der Waals surface area (Å²) in [5, 5.41) is 6.54. The molecule has 15 heavy (non-hydrogen) atoms. The van der Waals surface area contributed by atoms with Crippen LogP contribution < -0.4 is 0 Å². The highest BCUT2D eigenvalue weighted by Crippen LogP contribution is 2.34. The predicted molar refractivity (Wildman–Crippen MR) is 41.5 cm³/mol.